The van der Waals surface area contributed by atoms with Gasteiger partial charge in [-0.3, -0.25) is 4.79 Å². The Hall–Kier alpha value is -2.63. The van der Waals surface area contributed by atoms with Crippen LogP contribution >= 0.6 is 0 Å². The molecule has 24 heavy (non-hydrogen) atoms. The normalized spacial score (nSPS) is 11.6. The molecule has 0 aliphatic carbocycles. The molecule has 0 fully saturated rings. The number of amides is 1. The van der Waals surface area contributed by atoms with Crippen LogP contribution in [0.3, 0.4) is 0 Å². The van der Waals surface area contributed by atoms with Crippen molar-refractivity contribution < 1.29 is 9.53 Å². The molecule has 0 saturated carbocycles. The van der Waals surface area contributed by atoms with E-state index in [4.69, 9.17) is 4.74 Å². The largest absolute Gasteiger partial charge is 0.497 e. The predicted molar refractivity (Wildman–Crippen MR) is 94.4 cm³/mol. The third-order valence-corrected chi connectivity index (χ3v) is 3.77. The fourth-order valence-electron chi connectivity index (χ4n) is 2.07. The summed E-state index contributed by atoms with van der Waals surface area (Å²) in [6.07, 6.45) is 1.74. The van der Waals surface area contributed by atoms with E-state index in [1.165, 1.54) is 5.56 Å². The molecule has 0 saturated heterocycles. The number of nitrogens with one attached hydrogen (secondary N) is 2. The van der Waals surface area contributed by atoms with Crippen molar-refractivity contribution in [1.82, 2.24) is 15.5 Å². The Kier molecular flexibility index (Phi) is 6.54. The first-order valence-corrected chi connectivity index (χ1v) is 8.13. The van der Waals surface area contributed by atoms with E-state index in [-0.39, 0.29) is 11.9 Å². The highest BCUT2D eigenvalue weighted by atomic mass is 16.5. The van der Waals surface area contributed by atoms with Gasteiger partial charge in [-0.25, -0.2) is 0 Å². The lowest BCUT2D eigenvalue weighted by molar-refractivity contribution is 0.0933. The van der Waals surface area contributed by atoms with Gasteiger partial charge in [0.25, 0.3) is 5.91 Å². The Bertz CT molecular complexity index is 641. The number of hydrogen-bond acceptors (Lipinski definition) is 5. The van der Waals surface area contributed by atoms with Crippen LogP contribution in [0, 0.1) is 0 Å². The van der Waals surface area contributed by atoms with Crippen molar-refractivity contribution >= 4 is 11.7 Å². The minimum Gasteiger partial charge on any atom is -0.497 e. The molecule has 6 heteroatoms. The Morgan fingerprint density at radius 2 is 1.92 bits per heavy atom. The molecule has 2 aromatic rings. The van der Waals surface area contributed by atoms with Gasteiger partial charge in [-0.2, -0.15) is 0 Å². The van der Waals surface area contributed by atoms with Crippen molar-refractivity contribution in [3.63, 3.8) is 0 Å². The first kappa shape index (κ1) is 17.7. The zero-order valence-electron chi connectivity index (χ0n) is 14.4. The van der Waals surface area contributed by atoms with Gasteiger partial charge in [0.05, 0.1) is 7.11 Å². The van der Waals surface area contributed by atoms with E-state index in [0.717, 1.165) is 25.1 Å². The van der Waals surface area contributed by atoms with Crippen molar-refractivity contribution in [3.8, 4) is 5.75 Å². The summed E-state index contributed by atoms with van der Waals surface area (Å²) < 4.78 is 5.14. The standard InChI is InChI=1S/C18H24N4O2/c1-4-13(2)20-18(23)16-9-10-17(22-21-16)19-12-11-14-5-7-15(24-3)8-6-14/h5-10,13H,4,11-12H2,1-3H3,(H,19,22)(H,20,23). The minimum atomic E-state index is -0.193. The van der Waals surface area contributed by atoms with Gasteiger partial charge >= 0.3 is 0 Å². The average Bonchev–Trinajstić information content (AvgIpc) is 2.62. The van der Waals surface area contributed by atoms with Crippen LogP contribution in [0.2, 0.25) is 0 Å². The number of nitrogens with zero attached hydrogens (tertiary/aromatic N) is 2. The molecule has 1 unspecified atom stereocenters. The maximum atomic E-state index is 11.9. The Morgan fingerprint density at radius 1 is 1.17 bits per heavy atom. The molecular weight excluding hydrogens is 304 g/mol. The zero-order valence-corrected chi connectivity index (χ0v) is 14.4. The fraction of sp³-hybridized carbons (Fsp3) is 0.389. The van der Waals surface area contributed by atoms with E-state index < -0.39 is 0 Å². The molecule has 0 aliphatic rings. The van der Waals surface area contributed by atoms with Crippen LogP contribution in [0.5, 0.6) is 5.75 Å². The maximum Gasteiger partial charge on any atom is 0.272 e. The molecule has 128 valence electrons. The summed E-state index contributed by atoms with van der Waals surface area (Å²) in [7, 11) is 1.65. The number of hydrogen-bond donors (Lipinski definition) is 2. The predicted octanol–water partition coefficient (Wildman–Crippen LogP) is 2.67. The molecular formula is C18H24N4O2. The lowest BCUT2D eigenvalue weighted by Crippen LogP contribution is -2.32. The fourth-order valence-corrected chi connectivity index (χ4v) is 2.07. The van der Waals surface area contributed by atoms with E-state index >= 15 is 0 Å². The zero-order chi connectivity index (χ0) is 17.4. The molecule has 1 aromatic carbocycles. The second-order valence-corrected chi connectivity index (χ2v) is 5.61. The van der Waals surface area contributed by atoms with Crippen LogP contribution in [0.1, 0.15) is 36.3 Å². The van der Waals surface area contributed by atoms with E-state index in [9.17, 15) is 4.79 Å². The number of methoxy groups -OCH3 is 1. The number of ether oxygens (including phenoxy) is 1. The van der Waals surface area contributed by atoms with Gasteiger partial charge in [0.1, 0.15) is 11.6 Å². The summed E-state index contributed by atoms with van der Waals surface area (Å²) in [4.78, 5) is 11.9. The third-order valence-electron chi connectivity index (χ3n) is 3.77. The van der Waals surface area contributed by atoms with Crippen LogP contribution in [-0.2, 0) is 6.42 Å². The van der Waals surface area contributed by atoms with Crippen LogP contribution in [0.4, 0.5) is 5.82 Å². The van der Waals surface area contributed by atoms with Crippen LogP contribution < -0.4 is 15.4 Å². The number of carbonyl (C=O) groups excluding carboxylic acids is 1. The Morgan fingerprint density at radius 3 is 2.50 bits per heavy atom. The first-order valence-electron chi connectivity index (χ1n) is 8.13. The maximum absolute atomic E-state index is 11.9. The Balaban J connectivity index is 1.81. The summed E-state index contributed by atoms with van der Waals surface area (Å²) in [6.45, 7) is 4.71. The number of benzene rings is 1. The van der Waals surface area contributed by atoms with E-state index in [1.807, 2.05) is 38.1 Å². The molecule has 1 heterocycles. The SMILES string of the molecule is CCC(C)NC(=O)c1ccc(NCCc2ccc(OC)cc2)nn1. The van der Waals surface area contributed by atoms with Crippen molar-refractivity contribution in [1.29, 1.82) is 0 Å². The number of rotatable bonds is 8. The summed E-state index contributed by atoms with van der Waals surface area (Å²) in [5.74, 6) is 1.31. The van der Waals surface area contributed by atoms with Gasteiger partial charge in [0, 0.05) is 12.6 Å². The highest BCUT2D eigenvalue weighted by Crippen LogP contribution is 2.12. The molecule has 1 aromatic heterocycles. The van der Waals surface area contributed by atoms with Gasteiger partial charge < -0.3 is 15.4 Å². The van der Waals surface area contributed by atoms with Gasteiger partial charge in [0.15, 0.2) is 5.69 Å². The second-order valence-electron chi connectivity index (χ2n) is 5.61. The number of carbonyl (C=O) groups is 1. The highest BCUT2D eigenvalue weighted by molar-refractivity contribution is 5.92. The van der Waals surface area contributed by atoms with Crippen molar-refractivity contribution in [2.45, 2.75) is 32.7 Å². The Labute approximate surface area is 142 Å². The van der Waals surface area contributed by atoms with Gasteiger partial charge in [-0.15, -0.1) is 10.2 Å². The summed E-state index contributed by atoms with van der Waals surface area (Å²) in [5, 5.41) is 14.1. The van der Waals surface area contributed by atoms with E-state index in [0.29, 0.717) is 11.5 Å². The quantitative estimate of drug-likeness (QED) is 0.779. The molecule has 0 aliphatic heterocycles. The van der Waals surface area contributed by atoms with E-state index in [1.54, 1.807) is 19.2 Å². The van der Waals surface area contributed by atoms with Gasteiger partial charge in [-0.1, -0.05) is 19.1 Å². The van der Waals surface area contributed by atoms with Crippen LogP contribution in [0.15, 0.2) is 36.4 Å². The summed E-state index contributed by atoms with van der Waals surface area (Å²) >= 11 is 0. The smallest absolute Gasteiger partial charge is 0.272 e. The van der Waals surface area contributed by atoms with Gasteiger partial charge in [-0.05, 0) is 49.6 Å². The second kappa shape index (κ2) is 8.86. The average molecular weight is 328 g/mol. The topological polar surface area (TPSA) is 76.1 Å². The molecule has 1 atom stereocenters. The molecule has 0 radical (unpaired) electrons. The highest BCUT2D eigenvalue weighted by Gasteiger charge is 2.10. The minimum absolute atomic E-state index is 0.126. The number of anilines is 1. The third kappa shape index (κ3) is 5.22. The van der Waals surface area contributed by atoms with Crippen molar-refractivity contribution in [2.75, 3.05) is 19.0 Å². The van der Waals surface area contributed by atoms with Crippen molar-refractivity contribution in [3.05, 3.63) is 47.7 Å². The molecule has 2 rings (SSSR count). The number of aromatic nitrogens is 2. The molecule has 0 bridgehead atoms. The summed E-state index contributed by atoms with van der Waals surface area (Å²) in [6, 6.07) is 11.5. The molecule has 2 N–H and O–H groups in total. The van der Waals surface area contributed by atoms with Gasteiger partial charge in [0.2, 0.25) is 0 Å². The molecule has 6 nitrogen and oxygen atoms in total. The van der Waals surface area contributed by atoms with Crippen LogP contribution in [0.25, 0.3) is 0 Å². The molecule has 1 amide bonds. The molecule has 0 spiro atoms. The summed E-state index contributed by atoms with van der Waals surface area (Å²) in [5.41, 5.74) is 1.54. The van der Waals surface area contributed by atoms with Crippen LogP contribution in [-0.4, -0.2) is 35.8 Å². The lowest BCUT2D eigenvalue weighted by Gasteiger charge is -2.10. The first-order chi connectivity index (χ1) is 11.6. The lowest BCUT2D eigenvalue weighted by atomic mass is 10.1. The van der Waals surface area contributed by atoms with E-state index in [2.05, 4.69) is 20.8 Å². The monoisotopic (exact) mass is 328 g/mol. The van der Waals surface area contributed by atoms with Crippen molar-refractivity contribution in [2.24, 2.45) is 0 Å².